The molecule has 96 valence electrons. The van der Waals surface area contributed by atoms with Crippen LogP contribution in [0.3, 0.4) is 0 Å². The van der Waals surface area contributed by atoms with Gasteiger partial charge in [0, 0.05) is 5.02 Å². The van der Waals surface area contributed by atoms with Crippen LogP contribution in [0, 0.1) is 0 Å². The highest BCUT2D eigenvalue weighted by Gasteiger charge is 2.18. The van der Waals surface area contributed by atoms with E-state index in [1.165, 1.54) is 43.7 Å². The van der Waals surface area contributed by atoms with E-state index in [0.717, 1.165) is 10.6 Å². The van der Waals surface area contributed by atoms with Crippen molar-refractivity contribution < 1.29 is 4.79 Å². The molecule has 1 saturated carbocycles. The van der Waals surface area contributed by atoms with E-state index in [0.29, 0.717) is 17.2 Å². The van der Waals surface area contributed by atoms with Crippen LogP contribution in [0.25, 0.3) is 5.03 Å². The number of carbonyl (C=O) groups is 1. The summed E-state index contributed by atoms with van der Waals surface area (Å²) >= 11 is 12.3. The van der Waals surface area contributed by atoms with Gasteiger partial charge in [0.2, 0.25) is 0 Å². The minimum atomic E-state index is 0.432. The van der Waals surface area contributed by atoms with Crippen LogP contribution in [0.15, 0.2) is 24.3 Å². The second kappa shape index (κ2) is 6.40. The van der Waals surface area contributed by atoms with Crippen LogP contribution < -0.4 is 0 Å². The maximum absolute atomic E-state index is 10.4. The van der Waals surface area contributed by atoms with Crippen molar-refractivity contribution in [2.24, 2.45) is 0 Å². The maximum Gasteiger partial charge on any atom is 0.144 e. The van der Waals surface area contributed by atoms with Crippen molar-refractivity contribution in [3.8, 4) is 0 Å². The molecule has 1 aliphatic rings. The minimum absolute atomic E-state index is 0.432. The zero-order valence-electron chi connectivity index (χ0n) is 10.2. The molecule has 1 aliphatic carbocycles. The maximum atomic E-state index is 10.4. The molecule has 0 unspecified atom stereocenters. The lowest BCUT2D eigenvalue weighted by atomic mass is 9.84. The van der Waals surface area contributed by atoms with E-state index in [9.17, 15) is 4.79 Å². The Kier molecular flexibility index (Phi) is 4.85. The summed E-state index contributed by atoms with van der Waals surface area (Å²) in [6.45, 7) is 0. The van der Waals surface area contributed by atoms with Gasteiger partial charge in [-0.1, -0.05) is 54.6 Å². The molecule has 0 aromatic heterocycles. The molecule has 0 spiro atoms. The Balaban J connectivity index is 2.24. The van der Waals surface area contributed by atoms with Crippen LogP contribution in [0.5, 0.6) is 0 Å². The zero-order chi connectivity index (χ0) is 13.0. The molecule has 1 nitrogen and oxygen atoms in total. The number of aldehydes is 1. The van der Waals surface area contributed by atoms with Crippen molar-refractivity contribution in [1.82, 2.24) is 0 Å². The van der Waals surface area contributed by atoms with Crippen LogP contribution in [-0.4, -0.2) is 6.29 Å². The van der Waals surface area contributed by atoms with Gasteiger partial charge in [-0.2, -0.15) is 0 Å². The molecule has 0 heterocycles. The number of benzene rings is 1. The molecule has 2 rings (SSSR count). The Bertz CT molecular complexity index is 460. The molecule has 0 bridgehead atoms. The molecule has 0 amide bonds. The van der Waals surface area contributed by atoms with Crippen LogP contribution in [0.2, 0.25) is 5.02 Å². The summed E-state index contributed by atoms with van der Waals surface area (Å²) in [4.78, 5) is 10.4. The number of allylic oxidation sites excluding steroid dienone is 1. The lowest BCUT2D eigenvalue weighted by Crippen LogP contribution is -2.05. The third-order valence-corrected chi connectivity index (χ3v) is 4.21. The van der Waals surface area contributed by atoms with Crippen molar-refractivity contribution in [2.45, 2.75) is 38.0 Å². The zero-order valence-corrected chi connectivity index (χ0v) is 11.7. The lowest BCUT2D eigenvalue weighted by molar-refractivity contribution is -0.104. The first-order valence-electron chi connectivity index (χ1n) is 6.33. The van der Waals surface area contributed by atoms with Gasteiger partial charge >= 0.3 is 0 Å². The van der Waals surface area contributed by atoms with Crippen molar-refractivity contribution >= 4 is 34.5 Å². The molecule has 0 aliphatic heterocycles. The van der Waals surface area contributed by atoms with Crippen molar-refractivity contribution in [1.29, 1.82) is 0 Å². The summed E-state index contributed by atoms with van der Waals surface area (Å²) < 4.78 is 0. The fourth-order valence-electron chi connectivity index (χ4n) is 2.58. The van der Waals surface area contributed by atoms with Crippen LogP contribution in [0.4, 0.5) is 0 Å². The van der Waals surface area contributed by atoms with E-state index in [2.05, 4.69) is 6.07 Å². The first kappa shape index (κ1) is 13.6. The van der Waals surface area contributed by atoms with Gasteiger partial charge < -0.3 is 0 Å². The monoisotopic (exact) mass is 282 g/mol. The second-order valence-corrected chi connectivity index (χ2v) is 5.54. The molecule has 0 saturated heterocycles. The Labute approximate surface area is 118 Å². The fourth-order valence-corrected chi connectivity index (χ4v) is 3.08. The number of rotatable bonds is 3. The van der Waals surface area contributed by atoms with Crippen molar-refractivity contribution in [3.05, 3.63) is 40.4 Å². The van der Waals surface area contributed by atoms with Gasteiger partial charge in [-0.25, -0.2) is 0 Å². The highest BCUT2D eigenvalue weighted by molar-refractivity contribution is 6.49. The van der Waals surface area contributed by atoms with Gasteiger partial charge in [0.05, 0.1) is 5.03 Å². The van der Waals surface area contributed by atoms with Gasteiger partial charge in [-0.15, -0.1) is 0 Å². The standard InChI is InChI=1S/C15H16Cl2O/c16-14(8-9-18)12-6-7-13(15(17)10-12)11-4-2-1-3-5-11/h6-11H,1-5H2/b14-8-. The Hall–Kier alpha value is -0.790. The van der Waals surface area contributed by atoms with Gasteiger partial charge in [0.1, 0.15) is 6.29 Å². The summed E-state index contributed by atoms with van der Waals surface area (Å²) in [6.07, 6.45) is 8.37. The highest BCUT2D eigenvalue weighted by Crippen LogP contribution is 2.37. The Morgan fingerprint density at radius 3 is 2.56 bits per heavy atom. The molecule has 18 heavy (non-hydrogen) atoms. The van der Waals surface area contributed by atoms with Gasteiger partial charge in [-0.3, -0.25) is 4.79 Å². The predicted octanol–water partition coefficient (Wildman–Crippen LogP) is 5.17. The second-order valence-electron chi connectivity index (χ2n) is 4.72. The average Bonchev–Trinajstić information content (AvgIpc) is 2.40. The third kappa shape index (κ3) is 3.15. The lowest BCUT2D eigenvalue weighted by Gasteiger charge is -2.23. The quantitative estimate of drug-likeness (QED) is 0.552. The molecular weight excluding hydrogens is 267 g/mol. The number of halogens is 2. The third-order valence-electron chi connectivity index (χ3n) is 3.54. The van der Waals surface area contributed by atoms with Crippen LogP contribution >= 0.6 is 23.2 Å². The topological polar surface area (TPSA) is 17.1 Å². The van der Waals surface area contributed by atoms with E-state index >= 15 is 0 Å². The molecule has 3 heteroatoms. The SMILES string of the molecule is O=C/C=C(\Cl)c1ccc(C2CCCCC2)c(Cl)c1. The fraction of sp³-hybridized carbons (Fsp3) is 0.400. The highest BCUT2D eigenvalue weighted by atomic mass is 35.5. The van der Waals surface area contributed by atoms with Crippen molar-refractivity contribution in [2.75, 3.05) is 0 Å². The van der Waals surface area contributed by atoms with E-state index < -0.39 is 0 Å². The summed E-state index contributed by atoms with van der Waals surface area (Å²) in [5.74, 6) is 0.578. The van der Waals surface area contributed by atoms with Gasteiger partial charge in [0.25, 0.3) is 0 Å². The van der Waals surface area contributed by atoms with E-state index in [1.54, 1.807) is 0 Å². The summed E-state index contributed by atoms with van der Waals surface area (Å²) in [5, 5.41) is 1.19. The number of hydrogen-bond acceptors (Lipinski definition) is 1. The molecule has 1 aromatic rings. The molecular formula is C15H16Cl2O. The number of hydrogen-bond donors (Lipinski definition) is 0. The molecule has 1 fully saturated rings. The minimum Gasteiger partial charge on any atom is -0.299 e. The molecule has 1 aromatic carbocycles. The van der Waals surface area contributed by atoms with E-state index in [-0.39, 0.29) is 0 Å². The normalized spacial score (nSPS) is 17.8. The van der Waals surface area contributed by atoms with Gasteiger partial charge in [0.15, 0.2) is 0 Å². The first-order chi connectivity index (χ1) is 8.72. The largest absolute Gasteiger partial charge is 0.299 e. The van der Waals surface area contributed by atoms with Crippen LogP contribution in [0.1, 0.15) is 49.1 Å². The molecule has 0 atom stereocenters. The summed E-state index contributed by atoms with van der Waals surface area (Å²) in [6, 6.07) is 5.85. The smallest absolute Gasteiger partial charge is 0.144 e. The number of carbonyl (C=O) groups excluding carboxylic acids is 1. The van der Waals surface area contributed by atoms with Crippen LogP contribution in [-0.2, 0) is 4.79 Å². The first-order valence-corrected chi connectivity index (χ1v) is 7.08. The van der Waals surface area contributed by atoms with E-state index in [1.807, 2.05) is 12.1 Å². The Morgan fingerprint density at radius 1 is 1.22 bits per heavy atom. The summed E-state index contributed by atoms with van der Waals surface area (Å²) in [5.41, 5.74) is 2.02. The van der Waals surface area contributed by atoms with E-state index in [4.69, 9.17) is 23.2 Å². The predicted molar refractivity (Wildman–Crippen MR) is 77.2 cm³/mol. The van der Waals surface area contributed by atoms with Crippen molar-refractivity contribution in [3.63, 3.8) is 0 Å². The average molecular weight is 283 g/mol. The van der Waals surface area contributed by atoms with Gasteiger partial charge in [-0.05, 0) is 42.0 Å². The summed E-state index contributed by atoms with van der Waals surface area (Å²) in [7, 11) is 0. The molecule has 0 N–H and O–H groups in total. The Morgan fingerprint density at radius 2 is 1.94 bits per heavy atom. The molecule has 0 radical (unpaired) electrons.